The summed E-state index contributed by atoms with van der Waals surface area (Å²) in [5, 5.41) is 3.78. The molecule has 2 heteroatoms. The second-order valence-corrected chi connectivity index (χ2v) is 5.29. The molecule has 0 aromatic carbocycles. The molecule has 0 radical (unpaired) electrons. The molecule has 16 heavy (non-hydrogen) atoms. The highest BCUT2D eigenvalue weighted by molar-refractivity contribution is 4.91. The normalized spacial score (nSPS) is 31.8. The van der Waals surface area contributed by atoms with E-state index in [2.05, 4.69) is 29.3 Å². The van der Waals surface area contributed by atoms with Crippen LogP contribution in [0, 0.1) is 5.92 Å². The molecule has 0 aromatic heterocycles. The predicted octanol–water partition coefficient (Wildman–Crippen LogP) is 2.42. The molecular formula is C14H26N2. The molecule has 1 aliphatic carbocycles. The molecule has 2 nitrogen and oxygen atoms in total. The van der Waals surface area contributed by atoms with E-state index in [0.29, 0.717) is 0 Å². The summed E-state index contributed by atoms with van der Waals surface area (Å²) in [6, 6.07) is 0.750. The van der Waals surface area contributed by atoms with E-state index in [9.17, 15) is 0 Å². The van der Waals surface area contributed by atoms with Crippen molar-refractivity contribution in [1.82, 2.24) is 10.2 Å². The number of hydrogen-bond acceptors (Lipinski definition) is 2. The van der Waals surface area contributed by atoms with Gasteiger partial charge < -0.3 is 10.2 Å². The van der Waals surface area contributed by atoms with Crippen molar-refractivity contribution in [3.63, 3.8) is 0 Å². The second-order valence-electron chi connectivity index (χ2n) is 5.29. The summed E-state index contributed by atoms with van der Waals surface area (Å²) in [5.41, 5.74) is 0. The molecule has 1 saturated heterocycles. The number of rotatable bonds is 4. The Morgan fingerprint density at radius 2 is 2.25 bits per heavy atom. The van der Waals surface area contributed by atoms with Gasteiger partial charge >= 0.3 is 0 Å². The van der Waals surface area contributed by atoms with Crippen molar-refractivity contribution in [2.75, 3.05) is 26.2 Å². The first kappa shape index (κ1) is 12.1. The molecule has 0 spiro atoms. The molecule has 0 saturated carbocycles. The van der Waals surface area contributed by atoms with Crippen LogP contribution in [0.1, 0.15) is 39.0 Å². The third kappa shape index (κ3) is 3.60. The Balaban J connectivity index is 1.66. The fraction of sp³-hybridized carbons (Fsp3) is 0.857. The Hall–Kier alpha value is -0.340. The van der Waals surface area contributed by atoms with Gasteiger partial charge in [-0.25, -0.2) is 0 Å². The van der Waals surface area contributed by atoms with Gasteiger partial charge in [0.25, 0.3) is 0 Å². The summed E-state index contributed by atoms with van der Waals surface area (Å²) in [4.78, 5) is 2.57. The van der Waals surface area contributed by atoms with Crippen molar-refractivity contribution >= 4 is 0 Å². The molecule has 1 aliphatic heterocycles. The minimum Gasteiger partial charge on any atom is -0.312 e. The van der Waals surface area contributed by atoms with Crippen LogP contribution in [0.5, 0.6) is 0 Å². The Bertz CT molecular complexity index is 225. The number of nitrogens with zero attached hydrogens (tertiary/aromatic N) is 1. The molecular weight excluding hydrogens is 196 g/mol. The lowest BCUT2D eigenvalue weighted by Crippen LogP contribution is -2.46. The van der Waals surface area contributed by atoms with E-state index in [0.717, 1.165) is 12.0 Å². The monoisotopic (exact) mass is 222 g/mol. The van der Waals surface area contributed by atoms with E-state index >= 15 is 0 Å². The van der Waals surface area contributed by atoms with Crippen molar-refractivity contribution in [2.24, 2.45) is 5.92 Å². The summed E-state index contributed by atoms with van der Waals surface area (Å²) in [5.74, 6) is 0.891. The van der Waals surface area contributed by atoms with Crippen LogP contribution in [0.3, 0.4) is 0 Å². The third-order valence-electron chi connectivity index (χ3n) is 4.03. The Kier molecular flexibility index (Phi) is 4.86. The highest BCUT2D eigenvalue weighted by Gasteiger charge is 2.19. The van der Waals surface area contributed by atoms with Crippen molar-refractivity contribution < 1.29 is 0 Å². The smallest absolute Gasteiger partial charge is 0.0195 e. The lowest BCUT2D eigenvalue weighted by molar-refractivity contribution is 0.194. The Labute approximate surface area is 100 Å². The van der Waals surface area contributed by atoms with E-state index in [1.54, 1.807) is 0 Å². The predicted molar refractivity (Wildman–Crippen MR) is 69.6 cm³/mol. The van der Waals surface area contributed by atoms with Crippen LogP contribution in [0.2, 0.25) is 0 Å². The van der Waals surface area contributed by atoms with Crippen LogP contribution in [0.15, 0.2) is 12.2 Å². The van der Waals surface area contributed by atoms with Crippen LogP contribution in [0.4, 0.5) is 0 Å². The summed E-state index contributed by atoms with van der Waals surface area (Å²) in [7, 11) is 0. The van der Waals surface area contributed by atoms with E-state index in [4.69, 9.17) is 0 Å². The van der Waals surface area contributed by atoms with Crippen LogP contribution < -0.4 is 5.32 Å². The zero-order chi connectivity index (χ0) is 11.2. The first-order chi connectivity index (χ1) is 7.88. The summed E-state index contributed by atoms with van der Waals surface area (Å²) < 4.78 is 0. The average Bonchev–Trinajstić information content (AvgIpc) is 2.38. The molecule has 1 N–H and O–H groups in total. The maximum absolute atomic E-state index is 3.78. The first-order valence-corrected chi connectivity index (χ1v) is 6.99. The molecule has 2 aliphatic rings. The van der Waals surface area contributed by atoms with Gasteiger partial charge in [0.15, 0.2) is 0 Å². The van der Waals surface area contributed by atoms with Gasteiger partial charge in [0, 0.05) is 12.6 Å². The summed E-state index contributed by atoms with van der Waals surface area (Å²) in [6.45, 7) is 7.28. The molecule has 2 atom stereocenters. The second kappa shape index (κ2) is 6.41. The van der Waals surface area contributed by atoms with Gasteiger partial charge in [0.05, 0.1) is 0 Å². The molecule has 1 fully saturated rings. The maximum atomic E-state index is 3.78. The molecule has 2 rings (SSSR count). The molecule has 1 heterocycles. The van der Waals surface area contributed by atoms with Crippen molar-refractivity contribution in [2.45, 2.75) is 45.1 Å². The number of piperidine rings is 1. The fourth-order valence-electron chi connectivity index (χ4n) is 2.88. The fourth-order valence-corrected chi connectivity index (χ4v) is 2.88. The van der Waals surface area contributed by atoms with E-state index < -0.39 is 0 Å². The molecule has 0 bridgehead atoms. The van der Waals surface area contributed by atoms with Crippen LogP contribution in [-0.4, -0.2) is 37.1 Å². The Morgan fingerprint density at radius 1 is 1.31 bits per heavy atom. The SMILES string of the molecule is CCN1CCCC(NCC2CC=CCC2)C1. The average molecular weight is 222 g/mol. The highest BCUT2D eigenvalue weighted by atomic mass is 15.2. The van der Waals surface area contributed by atoms with E-state index in [1.807, 2.05) is 0 Å². The number of hydrogen-bond donors (Lipinski definition) is 1. The quantitative estimate of drug-likeness (QED) is 0.735. The van der Waals surface area contributed by atoms with Gasteiger partial charge in [-0.3, -0.25) is 0 Å². The minimum atomic E-state index is 0.750. The topological polar surface area (TPSA) is 15.3 Å². The number of likely N-dealkylation sites (N-methyl/N-ethyl adjacent to an activating group) is 1. The molecule has 0 aromatic rings. The van der Waals surface area contributed by atoms with E-state index in [1.165, 1.54) is 58.3 Å². The first-order valence-electron chi connectivity index (χ1n) is 6.99. The number of likely N-dealkylation sites (tertiary alicyclic amines) is 1. The largest absolute Gasteiger partial charge is 0.312 e. The van der Waals surface area contributed by atoms with Gasteiger partial charge in [0.1, 0.15) is 0 Å². The minimum absolute atomic E-state index is 0.750. The summed E-state index contributed by atoms with van der Waals surface area (Å²) in [6.07, 6.45) is 11.4. The van der Waals surface area contributed by atoms with Crippen molar-refractivity contribution in [1.29, 1.82) is 0 Å². The van der Waals surface area contributed by atoms with Crippen LogP contribution in [-0.2, 0) is 0 Å². The molecule has 2 unspecified atom stereocenters. The molecule has 0 amide bonds. The van der Waals surface area contributed by atoms with Crippen LogP contribution >= 0.6 is 0 Å². The van der Waals surface area contributed by atoms with Gasteiger partial charge in [0.2, 0.25) is 0 Å². The molecule has 92 valence electrons. The number of allylic oxidation sites excluding steroid dienone is 2. The van der Waals surface area contributed by atoms with Crippen LogP contribution in [0.25, 0.3) is 0 Å². The van der Waals surface area contributed by atoms with Gasteiger partial charge in [-0.1, -0.05) is 19.1 Å². The number of nitrogens with one attached hydrogen (secondary N) is 1. The zero-order valence-electron chi connectivity index (χ0n) is 10.6. The van der Waals surface area contributed by atoms with Crippen molar-refractivity contribution in [3.8, 4) is 0 Å². The van der Waals surface area contributed by atoms with Crippen molar-refractivity contribution in [3.05, 3.63) is 12.2 Å². The van der Waals surface area contributed by atoms with Gasteiger partial charge in [-0.2, -0.15) is 0 Å². The Morgan fingerprint density at radius 3 is 3.00 bits per heavy atom. The van der Waals surface area contributed by atoms with Gasteiger partial charge in [-0.05, 0) is 57.7 Å². The highest BCUT2D eigenvalue weighted by Crippen LogP contribution is 2.18. The third-order valence-corrected chi connectivity index (χ3v) is 4.03. The van der Waals surface area contributed by atoms with E-state index in [-0.39, 0.29) is 0 Å². The standard InChI is InChI=1S/C14H26N2/c1-2-16-10-6-9-14(12-16)15-11-13-7-4-3-5-8-13/h3-4,13-15H,2,5-12H2,1H3. The lowest BCUT2D eigenvalue weighted by Gasteiger charge is -2.33. The van der Waals surface area contributed by atoms with Gasteiger partial charge in [-0.15, -0.1) is 0 Å². The zero-order valence-corrected chi connectivity index (χ0v) is 10.6. The lowest BCUT2D eigenvalue weighted by atomic mass is 9.94. The maximum Gasteiger partial charge on any atom is 0.0195 e. The summed E-state index contributed by atoms with van der Waals surface area (Å²) >= 11 is 0.